The number of morpholine rings is 1. The van der Waals surface area contributed by atoms with Gasteiger partial charge in [0.1, 0.15) is 11.5 Å². The smallest absolute Gasteiger partial charge is 0.237 e. The molecule has 2 aromatic carbocycles. The second-order valence-electron chi connectivity index (χ2n) is 7.11. The van der Waals surface area contributed by atoms with E-state index in [9.17, 15) is 13.6 Å². The number of carbonyl (C=O) groups excluding carboxylic acids is 1. The minimum Gasteiger partial charge on any atom is -0.492 e. The maximum Gasteiger partial charge on any atom is 0.237 e. The molecule has 1 aliphatic heterocycles. The molecule has 1 aliphatic rings. The number of nitrogens with one attached hydrogen (secondary N) is 1. The third-order valence-corrected chi connectivity index (χ3v) is 5.94. The van der Waals surface area contributed by atoms with Crippen molar-refractivity contribution in [3.05, 3.63) is 42.0 Å². The lowest BCUT2D eigenvalue weighted by atomic mass is 10.2. The van der Waals surface area contributed by atoms with Crippen molar-refractivity contribution >= 4 is 29.0 Å². The largest absolute Gasteiger partial charge is 0.492 e. The first-order chi connectivity index (χ1) is 15.4. The molecule has 1 fully saturated rings. The molecule has 0 spiro atoms. The molecule has 3 rings (SSSR count). The van der Waals surface area contributed by atoms with Gasteiger partial charge in [0, 0.05) is 30.1 Å². The summed E-state index contributed by atoms with van der Waals surface area (Å²) in [4.78, 5) is 15.5. The molecule has 32 heavy (non-hydrogen) atoms. The Kier molecular flexibility index (Phi) is 8.58. The number of thioether (sulfide) groups is 1. The number of rotatable bonds is 9. The van der Waals surface area contributed by atoms with Crippen LogP contribution >= 0.6 is 11.8 Å². The lowest BCUT2D eigenvalue weighted by molar-refractivity contribution is -0.115. The standard InChI is InChI=1S/C23H28F2N2O4S/c1-4-30-21-14-20(27-8-10-29-11-9-27)22(31-5-2)13-19(21)26-23(28)15(3)32-16-6-7-17(24)18(25)12-16/h6-7,12-15H,4-5,8-11H2,1-3H3,(H,26,28)/t15-/m0/s1. The number of ether oxygens (including phenoxy) is 3. The Morgan fingerprint density at radius 2 is 1.78 bits per heavy atom. The zero-order valence-electron chi connectivity index (χ0n) is 18.5. The summed E-state index contributed by atoms with van der Waals surface area (Å²) in [6.45, 7) is 9.11. The second kappa shape index (κ2) is 11.4. The Hall–Kier alpha value is -2.52. The van der Waals surface area contributed by atoms with Crippen LogP contribution in [0.25, 0.3) is 0 Å². The van der Waals surface area contributed by atoms with Crippen molar-refractivity contribution in [2.75, 3.05) is 49.7 Å². The summed E-state index contributed by atoms with van der Waals surface area (Å²) in [7, 11) is 0. The van der Waals surface area contributed by atoms with E-state index >= 15 is 0 Å². The highest BCUT2D eigenvalue weighted by Crippen LogP contribution is 2.39. The average Bonchev–Trinajstić information content (AvgIpc) is 2.78. The minimum atomic E-state index is -0.943. The van der Waals surface area contributed by atoms with Crippen LogP contribution in [0.5, 0.6) is 11.5 Å². The SMILES string of the molecule is CCOc1cc(N2CCOCC2)c(OCC)cc1NC(=O)[C@H](C)Sc1ccc(F)c(F)c1. The Labute approximate surface area is 191 Å². The monoisotopic (exact) mass is 466 g/mol. The Balaban J connectivity index is 1.82. The van der Waals surface area contributed by atoms with Gasteiger partial charge in [-0.1, -0.05) is 0 Å². The number of carbonyl (C=O) groups is 1. The van der Waals surface area contributed by atoms with Gasteiger partial charge < -0.3 is 24.4 Å². The summed E-state index contributed by atoms with van der Waals surface area (Å²) < 4.78 is 43.8. The lowest BCUT2D eigenvalue weighted by Crippen LogP contribution is -2.36. The van der Waals surface area contributed by atoms with E-state index < -0.39 is 16.9 Å². The van der Waals surface area contributed by atoms with Gasteiger partial charge in [-0.05, 0) is 39.0 Å². The second-order valence-corrected chi connectivity index (χ2v) is 8.52. The van der Waals surface area contributed by atoms with Gasteiger partial charge in [0.25, 0.3) is 0 Å². The number of hydrogen-bond acceptors (Lipinski definition) is 6. The minimum absolute atomic E-state index is 0.290. The summed E-state index contributed by atoms with van der Waals surface area (Å²) in [5.41, 5.74) is 1.39. The Bertz CT molecular complexity index is 938. The highest BCUT2D eigenvalue weighted by atomic mass is 32.2. The quantitative estimate of drug-likeness (QED) is 0.540. The van der Waals surface area contributed by atoms with Crippen LogP contribution in [0.15, 0.2) is 35.2 Å². The van der Waals surface area contributed by atoms with Crippen LogP contribution < -0.4 is 19.7 Å². The fourth-order valence-electron chi connectivity index (χ4n) is 3.29. The number of nitrogens with zero attached hydrogens (tertiary/aromatic N) is 1. The van der Waals surface area contributed by atoms with Crippen molar-refractivity contribution < 1.29 is 27.8 Å². The van der Waals surface area contributed by atoms with Crippen molar-refractivity contribution in [3.8, 4) is 11.5 Å². The van der Waals surface area contributed by atoms with E-state index in [4.69, 9.17) is 14.2 Å². The highest BCUT2D eigenvalue weighted by Gasteiger charge is 2.22. The first kappa shape index (κ1) is 24.1. The van der Waals surface area contributed by atoms with E-state index in [2.05, 4.69) is 10.2 Å². The van der Waals surface area contributed by atoms with Crippen LogP contribution in [0, 0.1) is 11.6 Å². The van der Waals surface area contributed by atoms with E-state index in [-0.39, 0.29) is 5.91 Å². The number of benzene rings is 2. The molecule has 2 aromatic rings. The van der Waals surface area contributed by atoms with E-state index in [0.29, 0.717) is 48.5 Å². The van der Waals surface area contributed by atoms with Crippen molar-refractivity contribution in [1.82, 2.24) is 0 Å². The van der Waals surface area contributed by atoms with Crippen LogP contribution in [0.3, 0.4) is 0 Å². The topological polar surface area (TPSA) is 60.0 Å². The summed E-state index contributed by atoms with van der Waals surface area (Å²) in [6, 6.07) is 7.23. The van der Waals surface area contributed by atoms with E-state index in [1.165, 1.54) is 6.07 Å². The van der Waals surface area contributed by atoms with Gasteiger partial charge in [0.15, 0.2) is 11.6 Å². The number of halogens is 2. The summed E-state index contributed by atoms with van der Waals surface area (Å²) in [6.07, 6.45) is 0. The van der Waals surface area contributed by atoms with Crippen LogP contribution in [0.2, 0.25) is 0 Å². The van der Waals surface area contributed by atoms with Gasteiger partial charge in [-0.15, -0.1) is 11.8 Å². The molecule has 6 nitrogen and oxygen atoms in total. The predicted octanol–water partition coefficient (Wildman–Crippen LogP) is 4.72. The first-order valence-electron chi connectivity index (χ1n) is 10.6. The van der Waals surface area contributed by atoms with Gasteiger partial charge >= 0.3 is 0 Å². The van der Waals surface area contributed by atoms with Crippen molar-refractivity contribution in [1.29, 1.82) is 0 Å². The van der Waals surface area contributed by atoms with Gasteiger partial charge in [-0.3, -0.25) is 4.79 Å². The van der Waals surface area contributed by atoms with E-state index in [1.54, 1.807) is 13.0 Å². The molecule has 0 radical (unpaired) electrons. The molecule has 174 valence electrons. The molecule has 1 heterocycles. The molecular weight excluding hydrogens is 438 g/mol. The molecule has 0 saturated carbocycles. The highest BCUT2D eigenvalue weighted by molar-refractivity contribution is 8.00. The third-order valence-electron chi connectivity index (χ3n) is 4.84. The Morgan fingerprint density at radius 1 is 1.09 bits per heavy atom. The Morgan fingerprint density at radius 3 is 2.44 bits per heavy atom. The molecule has 1 saturated heterocycles. The van der Waals surface area contributed by atoms with E-state index in [0.717, 1.165) is 42.7 Å². The molecule has 1 atom stereocenters. The summed E-state index contributed by atoms with van der Waals surface area (Å²) >= 11 is 1.14. The van der Waals surface area contributed by atoms with Crippen LogP contribution in [0.1, 0.15) is 20.8 Å². The van der Waals surface area contributed by atoms with Gasteiger partial charge in [-0.25, -0.2) is 8.78 Å². The molecule has 1 amide bonds. The molecule has 9 heteroatoms. The number of hydrogen-bond donors (Lipinski definition) is 1. The summed E-state index contributed by atoms with van der Waals surface area (Å²) in [5, 5.41) is 2.34. The van der Waals surface area contributed by atoms with Crippen molar-refractivity contribution in [2.45, 2.75) is 30.9 Å². The van der Waals surface area contributed by atoms with Gasteiger partial charge in [0.05, 0.1) is 43.1 Å². The van der Waals surface area contributed by atoms with E-state index in [1.807, 2.05) is 19.9 Å². The predicted molar refractivity (Wildman–Crippen MR) is 122 cm³/mol. The normalized spacial score (nSPS) is 14.7. The van der Waals surface area contributed by atoms with Crippen LogP contribution in [-0.2, 0) is 9.53 Å². The zero-order chi connectivity index (χ0) is 23.1. The average molecular weight is 467 g/mol. The molecule has 0 aromatic heterocycles. The fourth-order valence-corrected chi connectivity index (χ4v) is 4.18. The first-order valence-corrected chi connectivity index (χ1v) is 11.5. The third kappa shape index (κ3) is 6.04. The molecule has 0 unspecified atom stereocenters. The maximum absolute atomic E-state index is 13.5. The number of anilines is 2. The summed E-state index contributed by atoms with van der Waals surface area (Å²) in [5.74, 6) is -0.968. The molecule has 1 N–H and O–H groups in total. The van der Waals surface area contributed by atoms with Crippen LogP contribution in [-0.4, -0.2) is 50.7 Å². The van der Waals surface area contributed by atoms with Crippen molar-refractivity contribution in [3.63, 3.8) is 0 Å². The number of amides is 1. The molecule has 0 bridgehead atoms. The lowest BCUT2D eigenvalue weighted by Gasteiger charge is -2.31. The van der Waals surface area contributed by atoms with Gasteiger partial charge in [0.2, 0.25) is 5.91 Å². The molecule has 0 aliphatic carbocycles. The zero-order valence-corrected chi connectivity index (χ0v) is 19.3. The maximum atomic E-state index is 13.5. The fraction of sp³-hybridized carbons (Fsp3) is 0.435. The van der Waals surface area contributed by atoms with Crippen molar-refractivity contribution in [2.24, 2.45) is 0 Å². The van der Waals surface area contributed by atoms with Gasteiger partial charge in [-0.2, -0.15) is 0 Å². The molecular formula is C23H28F2N2O4S. The van der Waals surface area contributed by atoms with Crippen LogP contribution in [0.4, 0.5) is 20.2 Å².